The summed E-state index contributed by atoms with van der Waals surface area (Å²) in [6, 6.07) is 19.7. The normalized spacial score (nSPS) is 13.5. The zero-order chi connectivity index (χ0) is 17.9. The molecule has 2 N–H and O–H groups in total. The number of benzene rings is 2. The molecule has 4 aromatic rings. The van der Waals surface area contributed by atoms with Crippen molar-refractivity contribution in [1.29, 1.82) is 0 Å². The Morgan fingerprint density at radius 3 is 2.50 bits per heavy atom. The maximum Gasteiger partial charge on any atom is 0.138 e. The molecule has 0 aliphatic carbocycles. The highest BCUT2D eigenvalue weighted by Gasteiger charge is 2.18. The number of hydrogen-bond acceptors (Lipinski definition) is 4. The molecule has 0 fully saturated rings. The van der Waals surface area contributed by atoms with Gasteiger partial charge < -0.3 is 10.5 Å². The van der Waals surface area contributed by atoms with E-state index in [4.69, 9.17) is 10.5 Å². The van der Waals surface area contributed by atoms with E-state index in [0.29, 0.717) is 0 Å². The van der Waals surface area contributed by atoms with E-state index in [1.807, 2.05) is 78.5 Å². The first kappa shape index (κ1) is 16.3. The van der Waals surface area contributed by atoms with Crippen LogP contribution in [0, 0.1) is 0 Å². The Labute approximate surface area is 152 Å². The molecule has 2 atom stereocenters. The molecule has 0 aliphatic rings. The van der Waals surface area contributed by atoms with Gasteiger partial charge in [-0.15, -0.1) is 0 Å². The zero-order valence-corrected chi connectivity index (χ0v) is 14.5. The van der Waals surface area contributed by atoms with Crippen molar-refractivity contribution in [2.75, 3.05) is 0 Å². The first-order chi connectivity index (χ1) is 12.7. The monoisotopic (exact) mass is 344 g/mol. The van der Waals surface area contributed by atoms with E-state index in [0.717, 1.165) is 27.9 Å². The summed E-state index contributed by atoms with van der Waals surface area (Å²) < 4.78 is 8.10. The Morgan fingerprint density at radius 1 is 1.00 bits per heavy atom. The van der Waals surface area contributed by atoms with Crippen LogP contribution in [0.3, 0.4) is 0 Å². The lowest BCUT2D eigenvalue weighted by Gasteiger charge is -2.23. The van der Waals surface area contributed by atoms with Crippen LogP contribution in [0.1, 0.15) is 18.6 Å². The van der Waals surface area contributed by atoms with Gasteiger partial charge in [-0.25, -0.2) is 4.68 Å². The molecule has 5 heteroatoms. The SMILES string of the molecule is C[C@H](N)C(Oc1ccc2c(cnn2-c2ccncc2)c1)c1ccccc1. The van der Waals surface area contributed by atoms with Crippen molar-refractivity contribution in [3.63, 3.8) is 0 Å². The third-order valence-corrected chi connectivity index (χ3v) is 4.32. The maximum atomic E-state index is 6.21. The van der Waals surface area contributed by atoms with Crippen molar-refractivity contribution >= 4 is 10.9 Å². The van der Waals surface area contributed by atoms with Crippen LogP contribution in [0.15, 0.2) is 79.3 Å². The molecule has 2 heterocycles. The molecule has 4 rings (SSSR count). The molecule has 1 unspecified atom stereocenters. The Balaban J connectivity index is 1.66. The number of ether oxygens (including phenoxy) is 1. The number of rotatable bonds is 5. The van der Waals surface area contributed by atoms with Gasteiger partial charge in [0.2, 0.25) is 0 Å². The van der Waals surface area contributed by atoms with E-state index in [1.165, 1.54) is 0 Å². The largest absolute Gasteiger partial charge is 0.484 e. The van der Waals surface area contributed by atoms with Gasteiger partial charge in [0.05, 0.1) is 17.4 Å². The van der Waals surface area contributed by atoms with Crippen molar-refractivity contribution in [2.24, 2.45) is 5.73 Å². The summed E-state index contributed by atoms with van der Waals surface area (Å²) in [4.78, 5) is 4.05. The minimum atomic E-state index is -0.205. The third-order valence-electron chi connectivity index (χ3n) is 4.32. The highest BCUT2D eigenvalue weighted by atomic mass is 16.5. The fraction of sp³-hybridized carbons (Fsp3) is 0.143. The highest BCUT2D eigenvalue weighted by Crippen LogP contribution is 2.28. The summed E-state index contributed by atoms with van der Waals surface area (Å²) in [6.45, 7) is 1.96. The smallest absolute Gasteiger partial charge is 0.138 e. The lowest BCUT2D eigenvalue weighted by molar-refractivity contribution is 0.180. The summed E-state index contributed by atoms with van der Waals surface area (Å²) in [7, 11) is 0. The summed E-state index contributed by atoms with van der Waals surface area (Å²) >= 11 is 0. The minimum Gasteiger partial charge on any atom is -0.484 e. The van der Waals surface area contributed by atoms with Gasteiger partial charge in [0, 0.05) is 23.8 Å². The summed E-state index contributed by atoms with van der Waals surface area (Å²) in [6.07, 6.45) is 5.15. The average molecular weight is 344 g/mol. The van der Waals surface area contributed by atoms with Gasteiger partial charge in [0.15, 0.2) is 0 Å². The first-order valence-electron chi connectivity index (χ1n) is 8.58. The predicted molar refractivity (Wildman–Crippen MR) is 102 cm³/mol. The van der Waals surface area contributed by atoms with Gasteiger partial charge in [-0.1, -0.05) is 30.3 Å². The Kier molecular flexibility index (Phi) is 4.37. The van der Waals surface area contributed by atoms with Gasteiger partial charge in [-0.2, -0.15) is 5.10 Å². The standard InChI is InChI=1S/C21H20N4O/c1-15(22)21(16-5-3-2-4-6-16)26-19-7-8-20-17(13-19)14-24-25(20)18-9-11-23-12-10-18/h2-15,21H,22H2,1H3/t15-,21?/m0/s1. The molecule has 5 nitrogen and oxygen atoms in total. The van der Waals surface area contributed by atoms with Crippen LogP contribution in [0.25, 0.3) is 16.6 Å². The van der Waals surface area contributed by atoms with Crippen molar-refractivity contribution in [3.8, 4) is 11.4 Å². The molecule has 2 aromatic carbocycles. The van der Waals surface area contributed by atoms with Gasteiger partial charge >= 0.3 is 0 Å². The molecule has 130 valence electrons. The number of nitrogens with zero attached hydrogens (tertiary/aromatic N) is 3. The topological polar surface area (TPSA) is 66.0 Å². The quantitative estimate of drug-likeness (QED) is 0.596. The molecule has 0 saturated carbocycles. The third kappa shape index (κ3) is 3.17. The van der Waals surface area contributed by atoms with Crippen LogP contribution in [0.2, 0.25) is 0 Å². The van der Waals surface area contributed by atoms with Crippen molar-refractivity contribution in [2.45, 2.75) is 19.1 Å². The Bertz CT molecular complexity index is 996. The molecule has 0 amide bonds. The molecule has 0 spiro atoms. The van der Waals surface area contributed by atoms with Gasteiger partial charge in [0.25, 0.3) is 0 Å². The van der Waals surface area contributed by atoms with Gasteiger partial charge in [-0.05, 0) is 42.8 Å². The molecular formula is C21H20N4O. The van der Waals surface area contributed by atoms with Crippen LogP contribution in [-0.4, -0.2) is 20.8 Å². The van der Waals surface area contributed by atoms with E-state index >= 15 is 0 Å². The second-order valence-electron chi connectivity index (χ2n) is 6.29. The van der Waals surface area contributed by atoms with Crippen LogP contribution in [0.5, 0.6) is 5.75 Å². The molecule has 0 radical (unpaired) electrons. The van der Waals surface area contributed by atoms with Gasteiger partial charge in [-0.3, -0.25) is 4.98 Å². The van der Waals surface area contributed by atoms with Crippen LogP contribution in [0.4, 0.5) is 0 Å². The van der Waals surface area contributed by atoms with Crippen molar-refractivity contribution < 1.29 is 4.74 Å². The predicted octanol–water partition coefficient (Wildman–Crippen LogP) is 3.89. The lowest BCUT2D eigenvalue weighted by atomic mass is 10.0. The van der Waals surface area contributed by atoms with E-state index in [2.05, 4.69) is 10.1 Å². The molecular weight excluding hydrogens is 324 g/mol. The molecule has 0 saturated heterocycles. The second-order valence-corrected chi connectivity index (χ2v) is 6.29. The maximum absolute atomic E-state index is 6.21. The lowest BCUT2D eigenvalue weighted by Crippen LogP contribution is -2.29. The van der Waals surface area contributed by atoms with Crippen molar-refractivity contribution in [1.82, 2.24) is 14.8 Å². The minimum absolute atomic E-state index is 0.132. The van der Waals surface area contributed by atoms with E-state index in [-0.39, 0.29) is 12.1 Å². The van der Waals surface area contributed by atoms with E-state index in [9.17, 15) is 0 Å². The number of fused-ring (bicyclic) bond motifs is 1. The molecule has 0 bridgehead atoms. The molecule has 26 heavy (non-hydrogen) atoms. The van der Waals surface area contributed by atoms with E-state index in [1.54, 1.807) is 12.4 Å². The number of hydrogen-bond donors (Lipinski definition) is 1. The van der Waals surface area contributed by atoms with Crippen LogP contribution >= 0.6 is 0 Å². The first-order valence-corrected chi connectivity index (χ1v) is 8.58. The molecule has 2 aromatic heterocycles. The van der Waals surface area contributed by atoms with Crippen LogP contribution < -0.4 is 10.5 Å². The summed E-state index contributed by atoms with van der Waals surface area (Å²) in [5, 5.41) is 5.50. The Hall–Kier alpha value is -3.18. The van der Waals surface area contributed by atoms with Crippen LogP contribution in [-0.2, 0) is 0 Å². The zero-order valence-electron chi connectivity index (χ0n) is 14.5. The highest BCUT2D eigenvalue weighted by molar-refractivity contribution is 5.81. The number of aromatic nitrogens is 3. The number of nitrogens with two attached hydrogens (primary N) is 1. The Morgan fingerprint density at radius 2 is 1.77 bits per heavy atom. The molecule has 0 aliphatic heterocycles. The fourth-order valence-electron chi connectivity index (χ4n) is 3.04. The second kappa shape index (κ2) is 6.98. The average Bonchev–Trinajstić information content (AvgIpc) is 3.10. The number of pyridine rings is 1. The van der Waals surface area contributed by atoms with E-state index < -0.39 is 0 Å². The van der Waals surface area contributed by atoms with Gasteiger partial charge in [0.1, 0.15) is 11.9 Å². The summed E-state index contributed by atoms with van der Waals surface area (Å²) in [5.41, 5.74) is 9.21. The fourth-order valence-corrected chi connectivity index (χ4v) is 3.04. The summed E-state index contributed by atoms with van der Waals surface area (Å²) in [5.74, 6) is 0.776. The van der Waals surface area contributed by atoms with Crippen molar-refractivity contribution in [3.05, 3.63) is 84.8 Å².